The number of carbonyl (C=O) groups excluding carboxylic acids is 4. The first-order valence-electron chi connectivity index (χ1n) is 8.67. The van der Waals surface area contributed by atoms with Gasteiger partial charge in [0.05, 0.1) is 19.8 Å². The Bertz CT molecular complexity index is 855. The molecule has 1 aromatic rings. The molecule has 0 aromatic heterocycles. The van der Waals surface area contributed by atoms with E-state index < -0.39 is 62.0 Å². The first-order chi connectivity index (χ1) is 15.1. The predicted molar refractivity (Wildman–Crippen MR) is 105 cm³/mol. The number of esters is 2. The molecule has 0 aliphatic heterocycles. The van der Waals surface area contributed by atoms with Crippen molar-refractivity contribution in [3.63, 3.8) is 0 Å². The zero-order chi connectivity index (χ0) is 24.3. The number of aliphatic hydroxyl groups excluding tert-OH is 6. The van der Waals surface area contributed by atoms with Crippen LogP contribution in [0.3, 0.4) is 0 Å². The molecule has 3 unspecified atom stereocenters. The van der Waals surface area contributed by atoms with Gasteiger partial charge in [0.25, 0.3) is 0 Å². The topological polar surface area (TPSA) is 227 Å². The molecule has 0 amide bonds. The molecule has 0 saturated carbocycles. The van der Waals surface area contributed by atoms with Crippen LogP contribution in [0.1, 0.15) is 5.56 Å². The Morgan fingerprint density at radius 3 is 1.85 bits per heavy atom. The van der Waals surface area contributed by atoms with Gasteiger partial charge in [0, 0.05) is 17.7 Å². The van der Waals surface area contributed by atoms with Crippen LogP contribution in [-0.4, -0.2) is 122 Å². The Labute approximate surface area is 207 Å². The molecule has 0 spiro atoms. The summed E-state index contributed by atoms with van der Waals surface area (Å²) in [5.41, 5.74) is -0.0235. The first-order valence-corrected chi connectivity index (χ1v) is 8.67. The monoisotopic (exact) mass is 484 g/mol. The van der Waals surface area contributed by atoms with Gasteiger partial charge in [-0.15, -0.1) is 0 Å². The standard InChI is InChI=1S/C18H20O14.Na.H/c19-6-11(22)16(26)29-10-3-1-9(14(5-10)30-17(27)12(23)7-20)2-4-15(25)31-32-18(28)13(24)8-21;;/h1-5,11-13,19-24H,6-8H2;;. The van der Waals surface area contributed by atoms with E-state index in [9.17, 15) is 29.4 Å². The third kappa shape index (κ3) is 10.4. The van der Waals surface area contributed by atoms with Gasteiger partial charge in [0.2, 0.25) is 0 Å². The van der Waals surface area contributed by atoms with E-state index in [1.807, 2.05) is 0 Å². The Morgan fingerprint density at radius 2 is 1.30 bits per heavy atom. The van der Waals surface area contributed by atoms with Crippen LogP contribution in [0.2, 0.25) is 0 Å². The first kappa shape index (κ1) is 30.6. The molecule has 178 valence electrons. The zero-order valence-corrected chi connectivity index (χ0v) is 16.2. The molecule has 0 bridgehead atoms. The van der Waals surface area contributed by atoms with Crippen LogP contribution >= 0.6 is 0 Å². The second-order valence-corrected chi connectivity index (χ2v) is 5.78. The summed E-state index contributed by atoms with van der Waals surface area (Å²) in [6.45, 7) is -2.84. The SMILES string of the molecule is O=C(C=Cc1ccc(OC(=O)C(O)CO)cc1OC(=O)C(O)CO)OOC(=O)C(O)CO.[NaH]. The average Bonchev–Trinajstić information content (AvgIpc) is 2.79. The molecule has 0 heterocycles. The van der Waals surface area contributed by atoms with Crippen LogP contribution in [0.4, 0.5) is 0 Å². The summed E-state index contributed by atoms with van der Waals surface area (Å²) >= 11 is 0. The fourth-order valence-electron chi connectivity index (χ4n) is 1.71. The number of hydrogen-bond acceptors (Lipinski definition) is 14. The zero-order valence-electron chi connectivity index (χ0n) is 16.2. The van der Waals surface area contributed by atoms with Gasteiger partial charge in [-0.3, -0.25) is 0 Å². The molecule has 14 nitrogen and oxygen atoms in total. The van der Waals surface area contributed by atoms with Gasteiger partial charge in [-0.05, 0) is 18.2 Å². The molecule has 0 aliphatic rings. The van der Waals surface area contributed by atoms with Gasteiger partial charge in [-0.25, -0.2) is 29.0 Å². The summed E-state index contributed by atoms with van der Waals surface area (Å²) in [4.78, 5) is 54.1. The molecule has 0 aliphatic carbocycles. The molecule has 1 aromatic carbocycles. The van der Waals surface area contributed by atoms with Crippen LogP contribution in [-0.2, 0) is 29.0 Å². The molecule has 1 rings (SSSR count). The summed E-state index contributed by atoms with van der Waals surface area (Å²) in [7, 11) is 0. The van der Waals surface area contributed by atoms with Crippen molar-refractivity contribution < 1.29 is 69.1 Å². The van der Waals surface area contributed by atoms with E-state index in [1.54, 1.807) is 0 Å². The van der Waals surface area contributed by atoms with Crippen molar-refractivity contribution in [2.24, 2.45) is 0 Å². The van der Waals surface area contributed by atoms with Crippen molar-refractivity contribution >= 4 is 59.5 Å². The summed E-state index contributed by atoms with van der Waals surface area (Å²) in [5.74, 6) is -5.83. The van der Waals surface area contributed by atoms with Gasteiger partial charge in [0.1, 0.15) is 11.5 Å². The second-order valence-electron chi connectivity index (χ2n) is 5.78. The Hall–Kier alpha value is -2.40. The van der Waals surface area contributed by atoms with E-state index >= 15 is 0 Å². The van der Waals surface area contributed by atoms with Crippen molar-refractivity contribution in [1.29, 1.82) is 0 Å². The Kier molecular flexibility index (Phi) is 14.3. The molecule has 0 saturated heterocycles. The normalized spacial score (nSPS) is 13.3. The van der Waals surface area contributed by atoms with E-state index in [-0.39, 0.29) is 46.6 Å². The Morgan fingerprint density at radius 1 is 0.788 bits per heavy atom. The van der Waals surface area contributed by atoms with Gasteiger partial charge in [-0.1, -0.05) is 0 Å². The van der Waals surface area contributed by atoms with Crippen LogP contribution in [0.15, 0.2) is 24.3 Å². The van der Waals surface area contributed by atoms with Crippen molar-refractivity contribution in [3.05, 3.63) is 29.8 Å². The fraction of sp³-hybridized carbons (Fsp3) is 0.333. The van der Waals surface area contributed by atoms with E-state index in [1.165, 1.54) is 6.07 Å². The Balaban J connectivity index is 0.0000102. The quantitative estimate of drug-likeness (QED) is 0.0464. The summed E-state index contributed by atoms with van der Waals surface area (Å²) < 4.78 is 9.67. The number of ether oxygens (including phenoxy) is 2. The van der Waals surface area contributed by atoms with Crippen LogP contribution in [0, 0.1) is 0 Å². The number of rotatable bonds is 10. The minimum atomic E-state index is -1.92. The number of hydrogen-bond donors (Lipinski definition) is 6. The minimum absolute atomic E-state index is 0. The van der Waals surface area contributed by atoms with Crippen LogP contribution < -0.4 is 9.47 Å². The van der Waals surface area contributed by atoms with E-state index in [0.717, 1.165) is 18.2 Å². The number of aliphatic hydroxyl groups is 6. The average molecular weight is 484 g/mol. The van der Waals surface area contributed by atoms with E-state index in [0.29, 0.717) is 6.08 Å². The maximum absolute atomic E-state index is 11.8. The van der Waals surface area contributed by atoms with Gasteiger partial charge in [-0.2, -0.15) is 0 Å². The third-order valence-corrected chi connectivity index (χ3v) is 3.35. The predicted octanol–water partition coefficient (Wildman–Crippen LogP) is -4.08. The maximum atomic E-state index is 11.8. The molecule has 0 fully saturated rings. The fourth-order valence-corrected chi connectivity index (χ4v) is 1.71. The van der Waals surface area contributed by atoms with Crippen LogP contribution in [0.5, 0.6) is 11.5 Å². The summed E-state index contributed by atoms with van der Waals surface area (Å²) in [6.07, 6.45) is -3.96. The van der Waals surface area contributed by atoms with E-state index in [4.69, 9.17) is 29.9 Å². The van der Waals surface area contributed by atoms with Gasteiger partial charge >= 0.3 is 53.4 Å². The molecular formula is C18H21NaO14. The molecule has 3 atom stereocenters. The number of benzene rings is 1. The van der Waals surface area contributed by atoms with Gasteiger partial charge < -0.3 is 40.1 Å². The molecule has 6 N–H and O–H groups in total. The van der Waals surface area contributed by atoms with E-state index in [2.05, 4.69) is 9.78 Å². The van der Waals surface area contributed by atoms with Crippen molar-refractivity contribution in [3.8, 4) is 11.5 Å². The third-order valence-electron chi connectivity index (χ3n) is 3.35. The van der Waals surface area contributed by atoms with Crippen molar-refractivity contribution in [1.82, 2.24) is 0 Å². The second kappa shape index (κ2) is 15.4. The van der Waals surface area contributed by atoms with Crippen molar-refractivity contribution in [2.75, 3.05) is 19.8 Å². The molecule has 0 radical (unpaired) electrons. The number of carbonyl (C=O) groups is 4. The molecule has 33 heavy (non-hydrogen) atoms. The molecule has 15 heteroatoms. The summed E-state index contributed by atoms with van der Waals surface area (Å²) in [6, 6.07) is 3.30. The van der Waals surface area contributed by atoms with Crippen molar-refractivity contribution in [2.45, 2.75) is 18.3 Å². The van der Waals surface area contributed by atoms with Gasteiger partial charge in [0.15, 0.2) is 18.3 Å². The van der Waals surface area contributed by atoms with Crippen LogP contribution in [0.25, 0.3) is 6.08 Å². The summed E-state index contributed by atoms with van der Waals surface area (Å²) in [5, 5.41) is 53.7. The molecular weight excluding hydrogens is 463 g/mol.